The fraction of sp³-hybridized carbons (Fsp3) is 0.533. The van der Waals surface area contributed by atoms with Crippen molar-refractivity contribution in [2.24, 2.45) is 0 Å². The van der Waals surface area contributed by atoms with E-state index in [1.807, 2.05) is 0 Å². The average Bonchev–Trinajstić information content (AvgIpc) is 2.56. The fourth-order valence-electron chi connectivity index (χ4n) is 2.41. The number of carbonyl (C=O) groups excluding carboxylic acids is 1. The zero-order chi connectivity index (χ0) is 16.9. The van der Waals surface area contributed by atoms with Crippen molar-refractivity contribution in [2.75, 3.05) is 32.2 Å². The number of nitrogens with one attached hydrogen (secondary N) is 1. The van der Waals surface area contributed by atoms with E-state index in [2.05, 4.69) is 4.72 Å². The summed E-state index contributed by atoms with van der Waals surface area (Å²) in [6.45, 7) is 0.689. The Bertz CT molecular complexity index is 626. The molecule has 0 saturated carbocycles. The Kier molecular flexibility index (Phi) is 6.11. The Labute approximate surface area is 136 Å². The van der Waals surface area contributed by atoms with Crippen LogP contribution in [-0.4, -0.2) is 47.9 Å². The molecule has 1 N–H and O–H groups in total. The molecule has 1 heterocycles. The standard InChI is InChI=1S/C15H22N2O5S/c1-21-15(22-2)11-16-23(19,20)13-8-6-12(7-9-13)17-10-4-3-5-14(17)18/h6-9,15-16H,3-5,10-11H2,1-2H3. The van der Waals surface area contributed by atoms with Gasteiger partial charge in [0.15, 0.2) is 6.29 Å². The van der Waals surface area contributed by atoms with Gasteiger partial charge in [0.2, 0.25) is 15.9 Å². The lowest BCUT2D eigenvalue weighted by molar-refractivity contribution is -0.119. The van der Waals surface area contributed by atoms with Gasteiger partial charge in [0.05, 0.1) is 11.4 Å². The van der Waals surface area contributed by atoms with Crippen molar-refractivity contribution in [3.8, 4) is 0 Å². The topological polar surface area (TPSA) is 84.9 Å². The minimum absolute atomic E-state index is 0.0156. The first kappa shape index (κ1) is 17.9. The summed E-state index contributed by atoms with van der Waals surface area (Å²) < 4.78 is 36.8. The molecule has 1 aliphatic rings. The van der Waals surface area contributed by atoms with Crippen LogP contribution in [0, 0.1) is 0 Å². The maximum atomic E-state index is 12.2. The second-order valence-electron chi connectivity index (χ2n) is 5.25. The molecule has 1 saturated heterocycles. The second-order valence-corrected chi connectivity index (χ2v) is 7.02. The molecule has 0 atom stereocenters. The van der Waals surface area contributed by atoms with Crippen molar-refractivity contribution in [1.29, 1.82) is 0 Å². The third-order valence-corrected chi connectivity index (χ3v) is 5.19. The molecule has 23 heavy (non-hydrogen) atoms. The molecular weight excluding hydrogens is 320 g/mol. The maximum Gasteiger partial charge on any atom is 0.240 e. The third-order valence-electron chi connectivity index (χ3n) is 3.75. The lowest BCUT2D eigenvalue weighted by Crippen LogP contribution is -2.35. The van der Waals surface area contributed by atoms with Crippen molar-refractivity contribution in [3.63, 3.8) is 0 Å². The van der Waals surface area contributed by atoms with Gasteiger partial charge >= 0.3 is 0 Å². The molecule has 7 nitrogen and oxygen atoms in total. The van der Waals surface area contributed by atoms with Crippen LogP contribution in [0.2, 0.25) is 0 Å². The molecular formula is C15H22N2O5S. The SMILES string of the molecule is COC(CNS(=O)(=O)c1ccc(N2CCCCC2=O)cc1)OC. The minimum Gasteiger partial charge on any atom is -0.355 e. The zero-order valence-electron chi connectivity index (χ0n) is 13.3. The Morgan fingerprint density at radius 3 is 2.39 bits per heavy atom. The molecule has 1 aliphatic heterocycles. The summed E-state index contributed by atoms with van der Waals surface area (Å²) in [6, 6.07) is 6.30. The molecule has 0 radical (unpaired) electrons. The van der Waals surface area contributed by atoms with Gasteiger partial charge in [0.1, 0.15) is 0 Å². The van der Waals surface area contributed by atoms with Crippen LogP contribution in [-0.2, 0) is 24.3 Å². The van der Waals surface area contributed by atoms with Gasteiger partial charge in [-0.25, -0.2) is 13.1 Å². The predicted molar refractivity (Wildman–Crippen MR) is 85.6 cm³/mol. The van der Waals surface area contributed by atoms with E-state index >= 15 is 0 Å². The summed E-state index contributed by atoms with van der Waals surface area (Å²) in [4.78, 5) is 13.7. The molecule has 1 amide bonds. The molecule has 0 spiro atoms. The smallest absolute Gasteiger partial charge is 0.240 e. The van der Waals surface area contributed by atoms with E-state index < -0.39 is 16.3 Å². The molecule has 0 aliphatic carbocycles. The summed E-state index contributed by atoms with van der Waals surface area (Å²) in [5.41, 5.74) is 0.723. The maximum absolute atomic E-state index is 12.2. The molecule has 1 aromatic rings. The average molecular weight is 342 g/mol. The van der Waals surface area contributed by atoms with Crippen molar-refractivity contribution in [3.05, 3.63) is 24.3 Å². The van der Waals surface area contributed by atoms with Crippen LogP contribution in [0.4, 0.5) is 5.69 Å². The van der Waals surface area contributed by atoms with Crippen molar-refractivity contribution < 1.29 is 22.7 Å². The van der Waals surface area contributed by atoms with Crippen LogP contribution >= 0.6 is 0 Å². The number of benzene rings is 1. The minimum atomic E-state index is -3.65. The van der Waals surface area contributed by atoms with Crippen molar-refractivity contribution in [1.82, 2.24) is 4.72 Å². The van der Waals surface area contributed by atoms with Gasteiger partial charge in [-0.15, -0.1) is 0 Å². The fourth-order valence-corrected chi connectivity index (χ4v) is 3.42. The monoisotopic (exact) mass is 342 g/mol. The number of amides is 1. The number of rotatable bonds is 7. The van der Waals surface area contributed by atoms with Crippen LogP contribution in [0.3, 0.4) is 0 Å². The number of hydrogen-bond donors (Lipinski definition) is 1. The quantitative estimate of drug-likeness (QED) is 0.750. The molecule has 1 aromatic carbocycles. The first-order chi connectivity index (χ1) is 11.0. The lowest BCUT2D eigenvalue weighted by atomic mass is 10.1. The molecule has 128 valence electrons. The summed E-state index contributed by atoms with van der Waals surface area (Å²) in [7, 11) is -0.775. The van der Waals surface area contributed by atoms with Gasteiger partial charge < -0.3 is 14.4 Å². The van der Waals surface area contributed by atoms with Crippen LogP contribution in [0.1, 0.15) is 19.3 Å². The Hall–Kier alpha value is -1.48. The highest BCUT2D eigenvalue weighted by Gasteiger charge is 2.21. The van der Waals surface area contributed by atoms with E-state index in [0.29, 0.717) is 13.0 Å². The number of methoxy groups -OCH3 is 2. The number of sulfonamides is 1. The molecule has 2 rings (SSSR count). The first-order valence-electron chi connectivity index (χ1n) is 7.43. The zero-order valence-corrected chi connectivity index (χ0v) is 14.1. The largest absolute Gasteiger partial charge is 0.355 e. The van der Waals surface area contributed by atoms with Gasteiger partial charge in [0, 0.05) is 32.9 Å². The first-order valence-corrected chi connectivity index (χ1v) is 8.92. The van der Waals surface area contributed by atoms with Crippen LogP contribution in [0.15, 0.2) is 29.2 Å². The summed E-state index contributed by atoms with van der Waals surface area (Å²) in [5.74, 6) is 0.0769. The van der Waals surface area contributed by atoms with Gasteiger partial charge in [-0.2, -0.15) is 0 Å². The van der Waals surface area contributed by atoms with Crippen LogP contribution < -0.4 is 9.62 Å². The normalized spacial score (nSPS) is 16.1. The highest BCUT2D eigenvalue weighted by molar-refractivity contribution is 7.89. The molecule has 0 bridgehead atoms. The molecule has 0 unspecified atom stereocenters. The number of nitrogens with zero attached hydrogens (tertiary/aromatic N) is 1. The predicted octanol–water partition coefficient (Wildman–Crippen LogP) is 1.10. The van der Waals surface area contributed by atoms with Crippen LogP contribution in [0.5, 0.6) is 0 Å². The third kappa shape index (κ3) is 4.51. The van der Waals surface area contributed by atoms with Crippen molar-refractivity contribution in [2.45, 2.75) is 30.4 Å². The molecule has 1 fully saturated rings. The van der Waals surface area contributed by atoms with E-state index in [-0.39, 0.29) is 17.3 Å². The Morgan fingerprint density at radius 2 is 1.83 bits per heavy atom. The van der Waals surface area contributed by atoms with E-state index in [9.17, 15) is 13.2 Å². The molecule has 8 heteroatoms. The van der Waals surface area contributed by atoms with Gasteiger partial charge in [0.25, 0.3) is 0 Å². The summed E-state index contributed by atoms with van der Waals surface area (Å²) in [6.07, 6.45) is 1.76. The lowest BCUT2D eigenvalue weighted by Gasteiger charge is -2.26. The van der Waals surface area contributed by atoms with Gasteiger partial charge in [-0.05, 0) is 37.1 Å². The van der Waals surface area contributed by atoms with E-state index in [0.717, 1.165) is 18.5 Å². The van der Waals surface area contributed by atoms with E-state index in [4.69, 9.17) is 9.47 Å². The van der Waals surface area contributed by atoms with Gasteiger partial charge in [-0.1, -0.05) is 0 Å². The van der Waals surface area contributed by atoms with Crippen LogP contribution in [0.25, 0.3) is 0 Å². The Balaban J connectivity index is 2.07. The highest BCUT2D eigenvalue weighted by atomic mass is 32.2. The number of anilines is 1. The summed E-state index contributed by atoms with van der Waals surface area (Å²) in [5, 5.41) is 0. The van der Waals surface area contributed by atoms with E-state index in [1.54, 1.807) is 17.0 Å². The molecule has 0 aromatic heterocycles. The number of piperidine rings is 1. The number of hydrogen-bond acceptors (Lipinski definition) is 5. The Morgan fingerprint density at radius 1 is 1.17 bits per heavy atom. The highest BCUT2D eigenvalue weighted by Crippen LogP contribution is 2.22. The number of carbonyl (C=O) groups is 1. The summed E-state index contributed by atoms with van der Waals surface area (Å²) >= 11 is 0. The second kappa shape index (κ2) is 7.87. The van der Waals surface area contributed by atoms with E-state index in [1.165, 1.54) is 26.4 Å². The van der Waals surface area contributed by atoms with Gasteiger partial charge in [-0.3, -0.25) is 4.79 Å². The van der Waals surface area contributed by atoms with Crippen molar-refractivity contribution >= 4 is 21.6 Å². The number of ether oxygens (including phenoxy) is 2.